The van der Waals surface area contributed by atoms with E-state index in [2.05, 4.69) is 25.1 Å². The van der Waals surface area contributed by atoms with Gasteiger partial charge in [-0.15, -0.1) is 0 Å². The molecule has 2 heterocycles. The van der Waals surface area contributed by atoms with Crippen molar-refractivity contribution in [3.63, 3.8) is 0 Å². The van der Waals surface area contributed by atoms with Crippen molar-refractivity contribution >= 4 is 11.6 Å². The first-order chi connectivity index (χ1) is 8.88. The standard InChI is InChI=1S/C11H7N7/c12-17-16-10-6-9(8-4-2-1-3-5-8)15-11-13-7-14-18(10)11/h1-7H. The van der Waals surface area contributed by atoms with Gasteiger partial charge < -0.3 is 0 Å². The maximum Gasteiger partial charge on any atom is 0.253 e. The summed E-state index contributed by atoms with van der Waals surface area (Å²) in [5.41, 5.74) is 10.2. The van der Waals surface area contributed by atoms with Crippen molar-refractivity contribution in [1.82, 2.24) is 19.6 Å². The van der Waals surface area contributed by atoms with Crippen LogP contribution in [0.4, 0.5) is 5.82 Å². The highest BCUT2D eigenvalue weighted by molar-refractivity contribution is 5.64. The van der Waals surface area contributed by atoms with Gasteiger partial charge in [-0.25, -0.2) is 4.98 Å². The van der Waals surface area contributed by atoms with Gasteiger partial charge in [0.1, 0.15) is 12.1 Å². The van der Waals surface area contributed by atoms with Crippen LogP contribution in [0.3, 0.4) is 0 Å². The molecule has 0 bridgehead atoms. The molecule has 0 aliphatic carbocycles. The van der Waals surface area contributed by atoms with Crippen LogP contribution in [0.15, 0.2) is 47.8 Å². The molecule has 0 N–H and O–H groups in total. The number of hydrogen-bond acceptors (Lipinski definition) is 4. The summed E-state index contributed by atoms with van der Waals surface area (Å²) in [5, 5.41) is 7.54. The molecule has 18 heavy (non-hydrogen) atoms. The first-order valence-electron chi connectivity index (χ1n) is 5.20. The molecular weight excluding hydrogens is 230 g/mol. The molecule has 0 aliphatic heterocycles. The lowest BCUT2D eigenvalue weighted by molar-refractivity contribution is 0.935. The molecule has 86 valence electrons. The lowest BCUT2D eigenvalue weighted by Gasteiger charge is -2.03. The maximum atomic E-state index is 8.55. The first-order valence-corrected chi connectivity index (χ1v) is 5.20. The third kappa shape index (κ3) is 1.64. The summed E-state index contributed by atoms with van der Waals surface area (Å²) in [5.74, 6) is 0.762. The number of fused-ring (bicyclic) bond motifs is 1. The maximum absolute atomic E-state index is 8.55. The normalized spacial score (nSPS) is 10.2. The molecule has 3 rings (SSSR count). The Morgan fingerprint density at radius 2 is 2.06 bits per heavy atom. The van der Waals surface area contributed by atoms with Gasteiger partial charge in [-0.3, -0.25) is 0 Å². The Morgan fingerprint density at radius 3 is 2.83 bits per heavy atom. The Bertz CT molecular complexity index is 740. The van der Waals surface area contributed by atoms with E-state index < -0.39 is 0 Å². The van der Waals surface area contributed by atoms with Gasteiger partial charge in [-0.2, -0.15) is 14.6 Å². The average molecular weight is 237 g/mol. The van der Waals surface area contributed by atoms with Crippen LogP contribution in [0.1, 0.15) is 0 Å². The van der Waals surface area contributed by atoms with E-state index in [-0.39, 0.29) is 0 Å². The van der Waals surface area contributed by atoms with Gasteiger partial charge in [0.25, 0.3) is 5.78 Å². The largest absolute Gasteiger partial charge is 0.253 e. The quantitative estimate of drug-likeness (QED) is 0.389. The lowest BCUT2D eigenvalue weighted by atomic mass is 10.1. The van der Waals surface area contributed by atoms with Crippen molar-refractivity contribution in [2.75, 3.05) is 0 Å². The Labute approximate surface area is 101 Å². The van der Waals surface area contributed by atoms with Crippen molar-refractivity contribution in [2.24, 2.45) is 5.11 Å². The van der Waals surface area contributed by atoms with E-state index in [1.54, 1.807) is 6.07 Å². The summed E-state index contributed by atoms with van der Waals surface area (Å²) in [4.78, 5) is 11.1. The fourth-order valence-electron chi connectivity index (χ4n) is 1.67. The molecule has 0 atom stereocenters. The number of azide groups is 1. The highest BCUT2D eigenvalue weighted by atomic mass is 15.4. The Morgan fingerprint density at radius 1 is 1.22 bits per heavy atom. The zero-order valence-corrected chi connectivity index (χ0v) is 9.17. The smallest absolute Gasteiger partial charge is 0.211 e. The molecule has 0 spiro atoms. The minimum Gasteiger partial charge on any atom is -0.211 e. The summed E-state index contributed by atoms with van der Waals surface area (Å²) in [6.45, 7) is 0. The van der Waals surface area contributed by atoms with Crippen LogP contribution in [-0.4, -0.2) is 19.6 Å². The molecule has 7 nitrogen and oxygen atoms in total. The van der Waals surface area contributed by atoms with E-state index in [0.717, 1.165) is 5.56 Å². The fourth-order valence-corrected chi connectivity index (χ4v) is 1.67. The van der Waals surface area contributed by atoms with Crippen LogP contribution in [0, 0.1) is 0 Å². The van der Waals surface area contributed by atoms with Gasteiger partial charge in [0.2, 0.25) is 0 Å². The molecule has 7 heteroatoms. The van der Waals surface area contributed by atoms with Crippen LogP contribution in [0.2, 0.25) is 0 Å². The van der Waals surface area contributed by atoms with Crippen molar-refractivity contribution in [3.05, 3.63) is 53.2 Å². The zero-order chi connectivity index (χ0) is 12.4. The Balaban J connectivity index is 2.28. The number of nitrogens with zero attached hydrogens (tertiary/aromatic N) is 7. The third-order valence-corrected chi connectivity index (χ3v) is 2.45. The van der Waals surface area contributed by atoms with E-state index in [1.165, 1.54) is 10.8 Å². The topological polar surface area (TPSA) is 91.8 Å². The molecule has 0 fully saturated rings. The zero-order valence-electron chi connectivity index (χ0n) is 9.17. The molecule has 1 aromatic carbocycles. The molecule has 0 unspecified atom stereocenters. The van der Waals surface area contributed by atoms with Crippen molar-refractivity contribution < 1.29 is 0 Å². The minimum absolute atomic E-state index is 0.360. The summed E-state index contributed by atoms with van der Waals surface area (Å²) in [6.07, 6.45) is 1.37. The summed E-state index contributed by atoms with van der Waals surface area (Å²) >= 11 is 0. The SMILES string of the molecule is [N-]=[N+]=Nc1cc(-c2ccccc2)nc2ncnn12. The molecule has 0 aliphatic rings. The van der Waals surface area contributed by atoms with Crippen LogP contribution < -0.4 is 0 Å². The molecule has 2 aromatic heterocycles. The number of aromatic nitrogens is 4. The van der Waals surface area contributed by atoms with Gasteiger partial charge in [-0.1, -0.05) is 30.3 Å². The van der Waals surface area contributed by atoms with E-state index in [0.29, 0.717) is 17.3 Å². The molecule has 3 aromatic rings. The highest BCUT2D eigenvalue weighted by Crippen LogP contribution is 2.22. The van der Waals surface area contributed by atoms with E-state index in [4.69, 9.17) is 5.53 Å². The Kier molecular flexibility index (Phi) is 2.37. The minimum atomic E-state index is 0.360. The van der Waals surface area contributed by atoms with Gasteiger partial charge in [-0.05, 0) is 16.7 Å². The van der Waals surface area contributed by atoms with Crippen molar-refractivity contribution in [1.29, 1.82) is 0 Å². The number of benzene rings is 1. The summed E-state index contributed by atoms with van der Waals surface area (Å²) < 4.78 is 1.40. The molecule has 0 saturated carbocycles. The third-order valence-electron chi connectivity index (χ3n) is 2.45. The number of rotatable bonds is 2. The van der Waals surface area contributed by atoms with Gasteiger partial charge in [0.05, 0.1) is 5.69 Å². The number of hydrogen-bond donors (Lipinski definition) is 0. The lowest BCUT2D eigenvalue weighted by Crippen LogP contribution is -1.94. The van der Waals surface area contributed by atoms with Crippen LogP contribution in [0.25, 0.3) is 27.5 Å². The van der Waals surface area contributed by atoms with Crippen molar-refractivity contribution in [3.8, 4) is 11.3 Å². The van der Waals surface area contributed by atoms with Crippen LogP contribution in [0.5, 0.6) is 0 Å². The predicted octanol–water partition coefficient (Wildman–Crippen LogP) is 2.73. The second-order valence-corrected chi connectivity index (χ2v) is 3.53. The second kappa shape index (κ2) is 4.15. The van der Waals surface area contributed by atoms with Gasteiger partial charge >= 0.3 is 0 Å². The van der Waals surface area contributed by atoms with Crippen LogP contribution in [-0.2, 0) is 0 Å². The highest BCUT2D eigenvalue weighted by Gasteiger charge is 2.07. The average Bonchev–Trinajstić information content (AvgIpc) is 2.88. The second-order valence-electron chi connectivity index (χ2n) is 3.53. The summed E-state index contributed by atoms with van der Waals surface area (Å²) in [6, 6.07) is 11.3. The monoisotopic (exact) mass is 237 g/mol. The predicted molar refractivity (Wildman–Crippen MR) is 65.0 cm³/mol. The molecular formula is C11H7N7. The first kappa shape index (κ1) is 10.2. The van der Waals surface area contributed by atoms with Gasteiger partial charge in [0.15, 0.2) is 0 Å². The van der Waals surface area contributed by atoms with E-state index in [1.807, 2.05) is 30.3 Å². The molecule has 0 saturated heterocycles. The Hall–Kier alpha value is -2.92. The fraction of sp³-hybridized carbons (Fsp3) is 0. The van der Waals surface area contributed by atoms with E-state index in [9.17, 15) is 0 Å². The molecule has 0 radical (unpaired) electrons. The summed E-state index contributed by atoms with van der Waals surface area (Å²) in [7, 11) is 0. The van der Waals surface area contributed by atoms with Crippen LogP contribution >= 0.6 is 0 Å². The van der Waals surface area contributed by atoms with E-state index >= 15 is 0 Å². The van der Waals surface area contributed by atoms with Crippen molar-refractivity contribution in [2.45, 2.75) is 0 Å². The van der Waals surface area contributed by atoms with Gasteiger partial charge in [0, 0.05) is 10.5 Å². The molecule has 0 amide bonds.